The maximum Gasteiger partial charge on any atom is 0.273 e. The Morgan fingerprint density at radius 3 is 2.57 bits per heavy atom. The lowest BCUT2D eigenvalue weighted by atomic mass is 9.95. The number of aromatic amines is 1. The van der Waals surface area contributed by atoms with Crippen molar-refractivity contribution in [3.8, 4) is 22.8 Å². The van der Waals surface area contributed by atoms with Gasteiger partial charge < -0.3 is 14.7 Å². The second-order valence-corrected chi connectivity index (χ2v) is 6.78. The summed E-state index contributed by atoms with van der Waals surface area (Å²) >= 11 is 0. The molecule has 0 aliphatic carbocycles. The Balaban J connectivity index is 1.84. The number of para-hydroxylation sites is 1. The summed E-state index contributed by atoms with van der Waals surface area (Å²) in [5.74, 6) is 0.875. The molecule has 4 rings (SSSR count). The summed E-state index contributed by atoms with van der Waals surface area (Å²) in [6.07, 6.45) is 0.850. The first-order chi connectivity index (χ1) is 13.7. The minimum atomic E-state index is -0.258. The predicted octanol–water partition coefficient (Wildman–Crippen LogP) is 4.14. The molecule has 0 unspecified atom stereocenters. The Bertz CT molecular complexity index is 995. The molecule has 0 radical (unpaired) electrons. The summed E-state index contributed by atoms with van der Waals surface area (Å²) in [5, 5.41) is 17.6. The molecule has 2 N–H and O–H groups in total. The van der Waals surface area contributed by atoms with Crippen LogP contribution in [0.25, 0.3) is 11.3 Å². The van der Waals surface area contributed by atoms with E-state index in [0.717, 1.165) is 23.3 Å². The van der Waals surface area contributed by atoms with Crippen molar-refractivity contribution in [3.05, 3.63) is 65.4 Å². The van der Waals surface area contributed by atoms with E-state index in [0.29, 0.717) is 30.1 Å². The molecule has 1 atom stereocenters. The summed E-state index contributed by atoms with van der Waals surface area (Å²) < 4.78 is 5.55. The quantitative estimate of drug-likeness (QED) is 0.677. The van der Waals surface area contributed by atoms with E-state index in [9.17, 15) is 9.90 Å². The average molecular weight is 377 g/mol. The van der Waals surface area contributed by atoms with E-state index >= 15 is 0 Å². The zero-order valence-corrected chi connectivity index (χ0v) is 16.0. The maximum absolute atomic E-state index is 13.0. The standard InChI is InChI=1S/C22H23N3O3/c1-3-13-25-21(14-9-11-15(12-10-14)28-4-2)18-19(23-24-20(18)22(25)27)16-7-5-6-8-17(16)26/h5-12,21,26H,3-4,13H2,1-2H3,(H,23,24)/t21-/m0/s1. The van der Waals surface area contributed by atoms with Crippen molar-refractivity contribution in [1.29, 1.82) is 0 Å². The number of carbonyl (C=O) groups excluding carboxylic acids is 1. The van der Waals surface area contributed by atoms with Crippen molar-refractivity contribution in [2.24, 2.45) is 0 Å². The Morgan fingerprint density at radius 1 is 1.14 bits per heavy atom. The van der Waals surface area contributed by atoms with Gasteiger partial charge in [0.1, 0.15) is 22.9 Å². The lowest BCUT2D eigenvalue weighted by molar-refractivity contribution is 0.0744. The highest BCUT2D eigenvalue weighted by atomic mass is 16.5. The lowest BCUT2D eigenvalue weighted by Gasteiger charge is -2.26. The molecule has 28 heavy (non-hydrogen) atoms. The monoisotopic (exact) mass is 377 g/mol. The molecule has 1 aliphatic rings. The SMILES string of the molecule is CCCN1C(=O)c2[nH]nc(-c3ccccc3O)c2[C@@H]1c1ccc(OCC)cc1. The van der Waals surface area contributed by atoms with Gasteiger partial charge in [-0.2, -0.15) is 5.10 Å². The Morgan fingerprint density at radius 2 is 1.89 bits per heavy atom. The number of fused-ring (bicyclic) bond motifs is 1. The molecule has 2 heterocycles. The molecule has 144 valence electrons. The van der Waals surface area contributed by atoms with Crippen LogP contribution in [0.3, 0.4) is 0 Å². The van der Waals surface area contributed by atoms with E-state index in [1.807, 2.05) is 48.2 Å². The van der Waals surface area contributed by atoms with Crippen LogP contribution in [0.4, 0.5) is 0 Å². The first kappa shape index (κ1) is 18.1. The molecule has 0 fully saturated rings. The number of nitrogens with one attached hydrogen (secondary N) is 1. The molecule has 0 bridgehead atoms. The van der Waals surface area contributed by atoms with Crippen molar-refractivity contribution in [1.82, 2.24) is 15.1 Å². The minimum absolute atomic E-state index is 0.0649. The topological polar surface area (TPSA) is 78.5 Å². The summed E-state index contributed by atoms with van der Waals surface area (Å²) in [7, 11) is 0. The second kappa shape index (κ2) is 7.38. The van der Waals surface area contributed by atoms with Crippen LogP contribution < -0.4 is 4.74 Å². The van der Waals surface area contributed by atoms with Crippen LogP contribution in [0.1, 0.15) is 47.9 Å². The van der Waals surface area contributed by atoms with Gasteiger partial charge in [0, 0.05) is 17.7 Å². The van der Waals surface area contributed by atoms with Gasteiger partial charge in [0.15, 0.2) is 0 Å². The fraction of sp³-hybridized carbons (Fsp3) is 0.273. The maximum atomic E-state index is 13.0. The molecule has 1 aromatic heterocycles. The Labute approximate surface area is 163 Å². The van der Waals surface area contributed by atoms with Gasteiger partial charge in [0.05, 0.1) is 12.6 Å². The first-order valence-corrected chi connectivity index (χ1v) is 9.56. The van der Waals surface area contributed by atoms with E-state index < -0.39 is 0 Å². The zero-order chi connectivity index (χ0) is 19.7. The van der Waals surface area contributed by atoms with E-state index in [4.69, 9.17) is 4.74 Å². The van der Waals surface area contributed by atoms with Crippen LogP contribution in [0, 0.1) is 0 Å². The van der Waals surface area contributed by atoms with Crippen molar-refractivity contribution in [2.45, 2.75) is 26.3 Å². The molecule has 1 aliphatic heterocycles. The van der Waals surface area contributed by atoms with Gasteiger partial charge in [0.25, 0.3) is 5.91 Å². The number of benzene rings is 2. The smallest absolute Gasteiger partial charge is 0.273 e. The van der Waals surface area contributed by atoms with Gasteiger partial charge in [-0.25, -0.2) is 0 Å². The molecule has 2 aromatic carbocycles. The highest BCUT2D eigenvalue weighted by Gasteiger charge is 2.42. The minimum Gasteiger partial charge on any atom is -0.507 e. The third-order valence-corrected chi connectivity index (χ3v) is 4.99. The number of hydrogen-bond donors (Lipinski definition) is 2. The number of hydrogen-bond acceptors (Lipinski definition) is 4. The van der Waals surface area contributed by atoms with Gasteiger partial charge in [-0.15, -0.1) is 0 Å². The highest BCUT2D eigenvalue weighted by Crippen LogP contribution is 2.44. The van der Waals surface area contributed by atoms with Crippen LogP contribution in [0.15, 0.2) is 48.5 Å². The molecule has 6 nitrogen and oxygen atoms in total. The number of ether oxygens (including phenoxy) is 1. The molecule has 1 amide bonds. The Hall–Kier alpha value is -3.28. The number of nitrogens with zero attached hydrogens (tertiary/aromatic N) is 2. The normalized spacial score (nSPS) is 15.7. The molecule has 0 saturated heterocycles. The van der Waals surface area contributed by atoms with Crippen molar-refractivity contribution >= 4 is 5.91 Å². The van der Waals surface area contributed by atoms with Crippen molar-refractivity contribution < 1.29 is 14.6 Å². The van der Waals surface area contributed by atoms with Crippen molar-refractivity contribution in [3.63, 3.8) is 0 Å². The largest absolute Gasteiger partial charge is 0.507 e. The first-order valence-electron chi connectivity index (χ1n) is 9.56. The van der Waals surface area contributed by atoms with E-state index in [1.54, 1.807) is 12.1 Å². The molecular weight excluding hydrogens is 354 g/mol. The summed E-state index contributed by atoms with van der Waals surface area (Å²) in [6, 6.07) is 14.6. The van der Waals surface area contributed by atoms with Gasteiger partial charge in [-0.05, 0) is 43.2 Å². The van der Waals surface area contributed by atoms with Crippen LogP contribution >= 0.6 is 0 Å². The Kier molecular flexibility index (Phi) is 4.77. The van der Waals surface area contributed by atoms with E-state index in [-0.39, 0.29) is 17.7 Å². The number of aromatic hydroxyl groups is 1. The highest BCUT2D eigenvalue weighted by molar-refractivity contribution is 6.00. The third-order valence-electron chi connectivity index (χ3n) is 4.99. The fourth-order valence-corrected chi connectivity index (χ4v) is 3.81. The summed E-state index contributed by atoms with van der Waals surface area (Å²) in [5.41, 5.74) is 3.51. The summed E-state index contributed by atoms with van der Waals surface area (Å²) in [4.78, 5) is 14.9. The third kappa shape index (κ3) is 2.91. The molecule has 6 heteroatoms. The van der Waals surface area contributed by atoms with Gasteiger partial charge in [-0.1, -0.05) is 31.2 Å². The number of carbonyl (C=O) groups is 1. The number of rotatable bonds is 6. The number of aromatic nitrogens is 2. The van der Waals surface area contributed by atoms with Crippen LogP contribution in [-0.2, 0) is 0 Å². The fourth-order valence-electron chi connectivity index (χ4n) is 3.81. The number of amides is 1. The zero-order valence-electron chi connectivity index (χ0n) is 16.0. The second-order valence-electron chi connectivity index (χ2n) is 6.78. The molecule has 0 spiro atoms. The van der Waals surface area contributed by atoms with Crippen LogP contribution in [0.2, 0.25) is 0 Å². The number of H-pyrrole nitrogens is 1. The van der Waals surface area contributed by atoms with Gasteiger partial charge in [-0.3, -0.25) is 9.89 Å². The summed E-state index contributed by atoms with van der Waals surface area (Å²) in [6.45, 7) is 5.24. The van der Waals surface area contributed by atoms with Crippen LogP contribution in [-0.4, -0.2) is 39.3 Å². The molecule has 0 saturated carbocycles. The average Bonchev–Trinajstić information content (AvgIpc) is 3.24. The van der Waals surface area contributed by atoms with Crippen molar-refractivity contribution in [2.75, 3.05) is 13.2 Å². The van der Waals surface area contributed by atoms with E-state index in [1.165, 1.54) is 0 Å². The number of phenols is 1. The van der Waals surface area contributed by atoms with Crippen LogP contribution in [0.5, 0.6) is 11.5 Å². The molecule has 3 aromatic rings. The predicted molar refractivity (Wildman–Crippen MR) is 106 cm³/mol. The van der Waals surface area contributed by atoms with Gasteiger partial charge >= 0.3 is 0 Å². The lowest BCUT2D eigenvalue weighted by Crippen LogP contribution is -2.30. The number of phenolic OH excluding ortho intramolecular Hbond substituents is 1. The van der Waals surface area contributed by atoms with E-state index in [2.05, 4.69) is 17.1 Å². The van der Waals surface area contributed by atoms with Gasteiger partial charge in [0.2, 0.25) is 0 Å². The molecular formula is C22H23N3O3.